The molecule has 0 aromatic carbocycles. The van der Waals surface area contributed by atoms with Gasteiger partial charge in [0, 0.05) is 39.1 Å². The van der Waals surface area contributed by atoms with Crippen molar-refractivity contribution in [3.05, 3.63) is 0 Å². The molecule has 1 heterocycles. The lowest BCUT2D eigenvalue weighted by molar-refractivity contribution is -0.176. The van der Waals surface area contributed by atoms with E-state index in [9.17, 15) is 18.0 Å². The fourth-order valence-electron chi connectivity index (χ4n) is 1.62. The Morgan fingerprint density at radius 3 is 2.69 bits per heavy atom. The minimum absolute atomic E-state index is 0.112. The van der Waals surface area contributed by atoms with Gasteiger partial charge < -0.3 is 16.0 Å². The van der Waals surface area contributed by atoms with Crippen LogP contribution in [0, 0.1) is 5.92 Å². The Morgan fingerprint density at radius 2 is 2.12 bits per heavy atom. The van der Waals surface area contributed by atoms with Gasteiger partial charge in [-0.15, -0.1) is 0 Å². The summed E-state index contributed by atoms with van der Waals surface area (Å²) in [5.74, 6) is -1.63. The van der Waals surface area contributed by atoms with E-state index in [-0.39, 0.29) is 18.9 Å². The highest BCUT2D eigenvalue weighted by Gasteiger charge is 2.39. The number of nitrogens with two attached hydrogens (primary N) is 1. The van der Waals surface area contributed by atoms with Crippen LogP contribution in [-0.4, -0.2) is 49.7 Å². The van der Waals surface area contributed by atoms with E-state index in [0.717, 1.165) is 0 Å². The molecule has 3 N–H and O–H groups in total. The molecule has 94 valence electrons. The van der Waals surface area contributed by atoms with Crippen LogP contribution in [0.5, 0.6) is 0 Å². The Bertz CT molecular complexity index is 245. The largest absolute Gasteiger partial charge is 0.394 e. The van der Waals surface area contributed by atoms with Gasteiger partial charge in [-0.3, -0.25) is 4.79 Å². The van der Waals surface area contributed by atoms with Crippen LogP contribution in [0.4, 0.5) is 13.2 Å². The maximum Gasteiger partial charge on any atom is 0.394 e. The van der Waals surface area contributed by atoms with E-state index in [1.807, 2.05) is 0 Å². The predicted molar refractivity (Wildman–Crippen MR) is 52.7 cm³/mol. The second-order valence-electron chi connectivity index (χ2n) is 3.87. The molecular formula is C9H16F3N3O. The van der Waals surface area contributed by atoms with Gasteiger partial charge in [0.15, 0.2) is 0 Å². The average Bonchev–Trinajstić information content (AvgIpc) is 2.38. The van der Waals surface area contributed by atoms with Crippen molar-refractivity contribution in [2.24, 2.45) is 11.7 Å². The quantitative estimate of drug-likeness (QED) is 0.725. The lowest BCUT2D eigenvalue weighted by Crippen LogP contribution is -2.42. The van der Waals surface area contributed by atoms with Gasteiger partial charge in [-0.05, 0) is 0 Å². The highest BCUT2D eigenvalue weighted by atomic mass is 19.4. The van der Waals surface area contributed by atoms with Crippen molar-refractivity contribution in [2.75, 3.05) is 32.7 Å². The molecule has 0 spiro atoms. The first-order chi connectivity index (χ1) is 7.43. The number of alkyl halides is 3. The fraction of sp³-hybridized carbons (Fsp3) is 0.889. The van der Waals surface area contributed by atoms with Crippen LogP contribution in [0.3, 0.4) is 0 Å². The van der Waals surface area contributed by atoms with Crippen molar-refractivity contribution in [2.45, 2.75) is 12.6 Å². The molecule has 1 atom stereocenters. The molecule has 0 bridgehead atoms. The van der Waals surface area contributed by atoms with Crippen molar-refractivity contribution in [1.29, 1.82) is 0 Å². The summed E-state index contributed by atoms with van der Waals surface area (Å²) in [6.45, 7) is 0.654. The SMILES string of the molecule is NCC(CN1CCNC(=O)CC1)C(F)(F)F. The van der Waals surface area contributed by atoms with Crippen LogP contribution >= 0.6 is 0 Å². The zero-order valence-corrected chi connectivity index (χ0v) is 8.89. The number of rotatable bonds is 3. The number of nitrogens with one attached hydrogen (secondary N) is 1. The molecule has 0 radical (unpaired) electrons. The van der Waals surface area contributed by atoms with Gasteiger partial charge >= 0.3 is 6.18 Å². The predicted octanol–water partition coefficient (Wildman–Crippen LogP) is -0.0545. The highest BCUT2D eigenvalue weighted by Crippen LogP contribution is 2.26. The van der Waals surface area contributed by atoms with E-state index in [1.165, 1.54) is 0 Å². The van der Waals surface area contributed by atoms with E-state index < -0.39 is 18.6 Å². The molecule has 1 saturated heterocycles. The van der Waals surface area contributed by atoms with Gasteiger partial charge in [0.05, 0.1) is 5.92 Å². The molecule has 0 aliphatic carbocycles. The molecule has 0 aromatic heterocycles. The number of nitrogens with zero attached hydrogens (tertiary/aromatic N) is 1. The fourth-order valence-corrected chi connectivity index (χ4v) is 1.62. The summed E-state index contributed by atoms with van der Waals surface area (Å²) in [6, 6.07) is 0. The Labute approximate surface area is 92.0 Å². The Hall–Kier alpha value is -0.820. The maximum absolute atomic E-state index is 12.5. The zero-order valence-electron chi connectivity index (χ0n) is 8.89. The first-order valence-corrected chi connectivity index (χ1v) is 5.19. The average molecular weight is 239 g/mol. The van der Waals surface area contributed by atoms with Crippen molar-refractivity contribution in [1.82, 2.24) is 10.2 Å². The summed E-state index contributed by atoms with van der Waals surface area (Å²) in [5.41, 5.74) is 5.11. The van der Waals surface area contributed by atoms with E-state index in [4.69, 9.17) is 5.73 Å². The molecule has 7 heteroatoms. The summed E-state index contributed by atoms with van der Waals surface area (Å²) < 4.78 is 37.4. The Kier molecular flexibility index (Phi) is 4.55. The monoisotopic (exact) mass is 239 g/mol. The third-order valence-corrected chi connectivity index (χ3v) is 2.63. The van der Waals surface area contributed by atoms with Crippen LogP contribution in [-0.2, 0) is 4.79 Å². The van der Waals surface area contributed by atoms with Crippen LogP contribution in [0.25, 0.3) is 0 Å². The van der Waals surface area contributed by atoms with Crippen LogP contribution in [0.1, 0.15) is 6.42 Å². The van der Waals surface area contributed by atoms with E-state index in [2.05, 4.69) is 5.32 Å². The van der Waals surface area contributed by atoms with E-state index >= 15 is 0 Å². The molecule has 1 aliphatic heterocycles. The van der Waals surface area contributed by atoms with Crippen LogP contribution in [0.2, 0.25) is 0 Å². The number of hydrogen-bond donors (Lipinski definition) is 2. The number of carbonyl (C=O) groups is 1. The van der Waals surface area contributed by atoms with Crippen molar-refractivity contribution in [3.63, 3.8) is 0 Å². The standard InChI is InChI=1S/C9H16F3N3O/c10-9(11,12)7(5-13)6-15-3-1-8(16)14-2-4-15/h7H,1-6,13H2,(H,14,16). The molecule has 1 fully saturated rings. The van der Waals surface area contributed by atoms with Crippen molar-refractivity contribution in [3.8, 4) is 0 Å². The van der Waals surface area contributed by atoms with Gasteiger partial charge in [0.25, 0.3) is 0 Å². The first-order valence-electron chi connectivity index (χ1n) is 5.19. The summed E-state index contributed by atoms with van der Waals surface area (Å²) in [5, 5.41) is 2.61. The van der Waals surface area contributed by atoms with Crippen molar-refractivity contribution < 1.29 is 18.0 Å². The molecule has 0 saturated carbocycles. The number of amides is 1. The van der Waals surface area contributed by atoms with Gasteiger partial charge in [-0.1, -0.05) is 0 Å². The molecule has 4 nitrogen and oxygen atoms in total. The van der Waals surface area contributed by atoms with E-state index in [1.54, 1.807) is 4.90 Å². The second-order valence-corrected chi connectivity index (χ2v) is 3.87. The highest BCUT2D eigenvalue weighted by molar-refractivity contribution is 5.76. The minimum atomic E-state index is -4.27. The molecule has 0 aromatic rings. The van der Waals surface area contributed by atoms with Crippen LogP contribution in [0.15, 0.2) is 0 Å². The summed E-state index contributed by atoms with van der Waals surface area (Å²) in [6.07, 6.45) is -4.02. The number of carbonyl (C=O) groups excluding carboxylic acids is 1. The topological polar surface area (TPSA) is 58.4 Å². The lowest BCUT2D eigenvalue weighted by Gasteiger charge is -2.26. The Morgan fingerprint density at radius 1 is 1.44 bits per heavy atom. The third kappa shape index (κ3) is 3.97. The van der Waals surface area contributed by atoms with Gasteiger partial charge in [-0.25, -0.2) is 0 Å². The molecule has 1 rings (SSSR count). The smallest absolute Gasteiger partial charge is 0.355 e. The minimum Gasteiger partial charge on any atom is -0.355 e. The van der Waals surface area contributed by atoms with Gasteiger partial charge in [0.1, 0.15) is 0 Å². The summed E-state index contributed by atoms with van der Waals surface area (Å²) in [4.78, 5) is 12.6. The van der Waals surface area contributed by atoms with Crippen LogP contribution < -0.4 is 11.1 Å². The third-order valence-electron chi connectivity index (χ3n) is 2.63. The molecule has 1 aliphatic rings. The molecule has 1 amide bonds. The second kappa shape index (κ2) is 5.49. The number of hydrogen-bond acceptors (Lipinski definition) is 3. The van der Waals surface area contributed by atoms with Gasteiger partial charge in [-0.2, -0.15) is 13.2 Å². The molecular weight excluding hydrogens is 223 g/mol. The zero-order chi connectivity index (χ0) is 12.2. The first kappa shape index (κ1) is 13.2. The Balaban J connectivity index is 2.48. The lowest BCUT2D eigenvalue weighted by atomic mass is 10.1. The summed E-state index contributed by atoms with van der Waals surface area (Å²) in [7, 11) is 0. The normalized spacial score (nSPS) is 21.4. The summed E-state index contributed by atoms with van der Waals surface area (Å²) >= 11 is 0. The molecule has 1 unspecified atom stereocenters. The number of halogens is 3. The maximum atomic E-state index is 12.5. The van der Waals surface area contributed by atoms with Gasteiger partial charge in [0.2, 0.25) is 5.91 Å². The van der Waals surface area contributed by atoms with Crippen molar-refractivity contribution >= 4 is 5.91 Å². The molecule has 16 heavy (non-hydrogen) atoms. The van der Waals surface area contributed by atoms with E-state index in [0.29, 0.717) is 19.6 Å².